The molecule has 2 aromatic carbocycles. The number of nitrogens with two attached hydrogens (primary N) is 1. The molecule has 0 amide bonds. The van der Waals surface area contributed by atoms with Crippen LogP contribution in [0.5, 0.6) is 0 Å². The summed E-state index contributed by atoms with van der Waals surface area (Å²) in [6.07, 6.45) is 0. The van der Waals surface area contributed by atoms with Crippen LogP contribution in [0.4, 0.5) is 13.2 Å². The molecule has 0 heterocycles. The number of rotatable bonds is 2. The monoisotopic (exact) mass is 237 g/mol. The van der Waals surface area contributed by atoms with Gasteiger partial charge in [0.05, 0.1) is 5.56 Å². The van der Waals surface area contributed by atoms with Gasteiger partial charge in [-0.05, 0) is 11.1 Å². The smallest absolute Gasteiger partial charge is 0.136 e. The predicted octanol–water partition coefficient (Wildman–Crippen LogP) is 3.23. The van der Waals surface area contributed by atoms with E-state index in [9.17, 15) is 13.2 Å². The number of hydrogen-bond acceptors (Lipinski definition) is 1. The molecule has 0 bridgehead atoms. The third-order valence-corrected chi connectivity index (χ3v) is 2.49. The first-order valence-electron chi connectivity index (χ1n) is 5.05. The van der Waals surface area contributed by atoms with Crippen LogP contribution in [0.25, 0.3) is 11.1 Å². The minimum atomic E-state index is -0.928. The normalized spacial score (nSPS) is 10.6. The van der Waals surface area contributed by atoms with E-state index in [0.29, 0.717) is 24.2 Å². The van der Waals surface area contributed by atoms with E-state index < -0.39 is 17.5 Å². The summed E-state index contributed by atoms with van der Waals surface area (Å²) in [5, 5.41) is 0. The molecule has 0 atom stereocenters. The summed E-state index contributed by atoms with van der Waals surface area (Å²) in [6.45, 7) is 0.356. The van der Waals surface area contributed by atoms with Gasteiger partial charge in [-0.3, -0.25) is 0 Å². The van der Waals surface area contributed by atoms with Crippen LogP contribution < -0.4 is 5.73 Å². The van der Waals surface area contributed by atoms with E-state index in [2.05, 4.69) is 0 Å². The largest absolute Gasteiger partial charge is 0.326 e. The maximum atomic E-state index is 13.5. The summed E-state index contributed by atoms with van der Waals surface area (Å²) < 4.78 is 39.7. The summed E-state index contributed by atoms with van der Waals surface area (Å²) in [6, 6.07) is 7.79. The summed E-state index contributed by atoms with van der Waals surface area (Å²) in [5.41, 5.74) is 6.41. The van der Waals surface area contributed by atoms with Gasteiger partial charge in [-0.1, -0.05) is 24.3 Å². The van der Waals surface area contributed by atoms with E-state index in [-0.39, 0.29) is 5.56 Å². The van der Waals surface area contributed by atoms with Gasteiger partial charge in [0, 0.05) is 18.7 Å². The van der Waals surface area contributed by atoms with Gasteiger partial charge in [0.2, 0.25) is 0 Å². The van der Waals surface area contributed by atoms with E-state index in [1.807, 2.05) is 0 Å². The molecule has 0 saturated carbocycles. The van der Waals surface area contributed by atoms with E-state index in [1.165, 1.54) is 0 Å². The standard InChI is InChI=1S/C13H10F3N/c14-10-5-11(15)13(12(16)6-10)9-3-1-8(7-17)2-4-9/h1-6H,7,17H2. The Morgan fingerprint density at radius 1 is 0.882 bits per heavy atom. The average Bonchev–Trinajstić information content (AvgIpc) is 2.28. The molecule has 88 valence electrons. The minimum absolute atomic E-state index is 0.227. The van der Waals surface area contributed by atoms with Gasteiger partial charge >= 0.3 is 0 Å². The van der Waals surface area contributed by atoms with Gasteiger partial charge in [0.1, 0.15) is 17.5 Å². The zero-order valence-electron chi connectivity index (χ0n) is 8.88. The van der Waals surface area contributed by atoms with Gasteiger partial charge in [-0.2, -0.15) is 0 Å². The molecular formula is C13H10F3N. The molecule has 0 fully saturated rings. The van der Waals surface area contributed by atoms with Gasteiger partial charge in [0.15, 0.2) is 0 Å². The lowest BCUT2D eigenvalue weighted by Crippen LogP contribution is -1.96. The number of hydrogen-bond donors (Lipinski definition) is 1. The molecule has 2 N–H and O–H groups in total. The molecule has 0 aliphatic rings. The topological polar surface area (TPSA) is 26.0 Å². The molecule has 0 radical (unpaired) electrons. The van der Waals surface area contributed by atoms with Crippen molar-refractivity contribution in [2.45, 2.75) is 6.54 Å². The molecule has 0 aliphatic carbocycles. The van der Waals surface area contributed by atoms with Gasteiger partial charge in [-0.15, -0.1) is 0 Å². The van der Waals surface area contributed by atoms with Crippen LogP contribution in [-0.4, -0.2) is 0 Å². The van der Waals surface area contributed by atoms with Crippen molar-refractivity contribution in [1.82, 2.24) is 0 Å². The van der Waals surface area contributed by atoms with Crippen molar-refractivity contribution in [3.8, 4) is 11.1 Å². The molecule has 0 unspecified atom stereocenters. The van der Waals surface area contributed by atoms with Gasteiger partial charge in [-0.25, -0.2) is 13.2 Å². The molecular weight excluding hydrogens is 227 g/mol. The van der Waals surface area contributed by atoms with Crippen molar-refractivity contribution < 1.29 is 13.2 Å². The van der Waals surface area contributed by atoms with Crippen molar-refractivity contribution >= 4 is 0 Å². The van der Waals surface area contributed by atoms with Crippen LogP contribution in [0.15, 0.2) is 36.4 Å². The Kier molecular flexibility index (Phi) is 3.15. The molecule has 0 spiro atoms. The maximum Gasteiger partial charge on any atom is 0.136 e. The van der Waals surface area contributed by atoms with Crippen LogP contribution in [0.1, 0.15) is 5.56 Å². The SMILES string of the molecule is NCc1ccc(-c2c(F)cc(F)cc2F)cc1. The van der Waals surface area contributed by atoms with Crippen molar-refractivity contribution in [2.24, 2.45) is 5.73 Å². The Labute approximate surface area is 96.7 Å². The van der Waals surface area contributed by atoms with Crippen LogP contribution in [0, 0.1) is 17.5 Å². The van der Waals surface area contributed by atoms with Gasteiger partial charge < -0.3 is 5.73 Å². The third-order valence-electron chi connectivity index (χ3n) is 2.49. The fourth-order valence-electron chi connectivity index (χ4n) is 1.63. The highest BCUT2D eigenvalue weighted by atomic mass is 19.1. The summed E-state index contributed by atoms with van der Waals surface area (Å²) in [7, 11) is 0. The lowest BCUT2D eigenvalue weighted by atomic mass is 10.0. The highest BCUT2D eigenvalue weighted by Crippen LogP contribution is 2.27. The van der Waals surface area contributed by atoms with E-state index >= 15 is 0 Å². The fraction of sp³-hybridized carbons (Fsp3) is 0.0769. The quantitative estimate of drug-likeness (QED) is 0.852. The second-order valence-corrected chi connectivity index (χ2v) is 3.65. The molecule has 0 aromatic heterocycles. The Balaban J connectivity index is 2.52. The maximum absolute atomic E-state index is 13.5. The van der Waals surface area contributed by atoms with E-state index in [1.54, 1.807) is 24.3 Å². The molecule has 2 rings (SSSR count). The number of benzene rings is 2. The highest BCUT2D eigenvalue weighted by Gasteiger charge is 2.13. The zero-order valence-corrected chi connectivity index (χ0v) is 8.88. The molecule has 0 saturated heterocycles. The predicted molar refractivity (Wildman–Crippen MR) is 59.6 cm³/mol. The first kappa shape index (κ1) is 11.7. The average molecular weight is 237 g/mol. The van der Waals surface area contributed by atoms with Crippen LogP contribution in [-0.2, 0) is 6.54 Å². The molecule has 1 nitrogen and oxygen atoms in total. The molecule has 0 aliphatic heterocycles. The van der Waals surface area contributed by atoms with Crippen LogP contribution in [0.2, 0.25) is 0 Å². The Hall–Kier alpha value is -1.81. The summed E-state index contributed by atoms with van der Waals surface area (Å²) in [5.74, 6) is -2.76. The first-order valence-corrected chi connectivity index (χ1v) is 5.05. The van der Waals surface area contributed by atoms with Crippen LogP contribution >= 0.6 is 0 Å². The Bertz CT molecular complexity index is 512. The Morgan fingerprint density at radius 2 is 1.41 bits per heavy atom. The second-order valence-electron chi connectivity index (χ2n) is 3.65. The first-order chi connectivity index (χ1) is 8.11. The van der Waals surface area contributed by atoms with Crippen LogP contribution in [0.3, 0.4) is 0 Å². The second kappa shape index (κ2) is 4.59. The van der Waals surface area contributed by atoms with Crippen molar-refractivity contribution in [3.63, 3.8) is 0 Å². The van der Waals surface area contributed by atoms with Gasteiger partial charge in [0.25, 0.3) is 0 Å². The molecule has 2 aromatic rings. The molecule has 4 heteroatoms. The fourth-order valence-corrected chi connectivity index (χ4v) is 1.63. The number of halogens is 3. The van der Waals surface area contributed by atoms with E-state index in [4.69, 9.17) is 5.73 Å². The highest BCUT2D eigenvalue weighted by molar-refractivity contribution is 5.65. The van der Waals surface area contributed by atoms with Crippen molar-refractivity contribution in [1.29, 1.82) is 0 Å². The zero-order chi connectivity index (χ0) is 12.4. The van der Waals surface area contributed by atoms with Crippen molar-refractivity contribution in [3.05, 3.63) is 59.4 Å². The lowest BCUT2D eigenvalue weighted by Gasteiger charge is -2.06. The van der Waals surface area contributed by atoms with E-state index in [0.717, 1.165) is 5.56 Å². The lowest BCUT2D eigenvalue weighted by molar-refractivity contribution is 0.548. The third kappa shape index (κ3) is 2.31. The van der Waals surface area contributed by atoms with Crippen molar-refractivity contribution in [2.75, 3.05) is 0 Å². The Morgan fingerprint density at radius 3 is 1.88 bits per heavy atom. The summed E-state index contributed by atoms with van der Waals surface area (Å²) in [4.78, 5) is 0. The molecule has 17 heavy (non-hydrogen) atoms. The minimum Gasteiger partial charge on any atom is -0.326 e. The summed E-state index contributed by atoms with van der Waals surface area (Å²) >= 11 is 0.